The van der Waals surface area contributed by atoms with Crippen LogP contribution in [0, 0.1) is 12.8 Å². The van der Waals surface area contributed by atoms with Gasteiger partial charge >= 0.3 is 0 Å². The van der Waals surface area contributed by atoms with E-state index >= 15 is 0 Å². The van der Waals surface area contributed by atoms with E-state index in [9.17, 15) is 0 Å². The van der Waals surface area contributed by atoms with Crippen molar-refractivity contribution in [1.29, 1.82) is 0 Å². The topological polar surface area (TPSA) is 43.8 Å². The molecule has 2 N–H and O–H groups in total. The molecule has 2 rings (SSSR count). The molecule has 1 unspecified atom stereocenters. The maximum Gasteiger partial charge on any atom is 0.0995 e. The number of hydrogen-bond acceptors (Lipinski definition) is 2. The molecule has 1 aromatic carbocycles. The number of aromatic nitrogens is 2. The minimum atomic E-state index is -0.0510. The van der Waals surface area contributed by atoms with Gasteiger partial charge in [0.05, 0.1) is 28.9 Å². The van der Waals surface area contributed by atoms with Crippen molar-refractivity contribution >= 4 is 11.6 Å². The molecule has 0 amide bonds. The standard InChI is InChI=1S/C14H18ClN3/c1-9(2)14(16)13-7-17-8-18(13)12-5-4-10(3)6-11(12)15/h4-9,14H,16H2,1-3H3. The highest BCUT2D eigenvalue weighted by molar-refractivity contribution is 6.32. The van der Waals surface area contributed by atoms with Gasteiger partial charge in [0.15, 0.2) is 0 Å². The number of aryl methyl sites for hydroxylation is 1. The molecule has 0 saturated carbocycles. The normalized spacial score (nSPS) is 13.0. The minimum Gasteiger partial charge on any atom is -0.322 e. The summed E-state index contributed by atoms with van der Waals surface area (Å²) in [5.74, 6) is 0.352. The summed E-state index contributed by atoms with van der Waals surface area (Å²) in [6.07, 6.45) is 3.56. The zero-order valence-corrected chi connectivity index (χ0v) is 11.6. The van der Waals surface area contributed by atoms with E-state index in [0.717, 1.165) is 16.9 Å². The van der Waals surface area contributed by atoms with Crippen molar-refractivity contribution in [3.8, 4) is 5.69 Å². The van der Waals surface area contributed by atoms with Crippen LogP contribution in [-0.4, -0.2) is 9.55 Å². The van der Waals surface area contributed by atoms with Gasteiger partial charge in [0.1, 0.15) is 0 Å². The molecule has 1 atom stereocenters. The van der Waals surface area contributed by atoms with Crippen molar-refractivity contribution in [2.24, 2.45) is 11.7 Å². The van der Waals surface area contributed by atoms with Crippen LogP contribution < -0.4 is 5.73 Å². The van der Waals surface area contributed by atoms with E-state index < -0.39 is 0 Å². The van der Waals surface area contributed by atoms with E-state index in [0.29, 0.717) is 10.9 Å². The van der Waals surface area contributed by atoms with Crippen molar-refractivity contribution in [2.45, 2.75) is 26.8 Å². The first-order valence-corrected chi connectivity index (χ1v) is 6.43. The molecule has 3 nitrogen and oxygen atoms in total. The highest BCUT2D eigenvalue weighted by Gasteiger charge is 2.17. The highest BCUT2D eigenvalue weighted by atomic mass is 35.5. The molecular formula is C14H18ClN3. The summed E-state index contributed by atoms with van der Waals surface area (Å²) >= 11 is 6.29. The Bertz CT molecular complexity index is 546. The average Bonchev–Trinajstić information content (AvgIpc) is 2.76. The second kappa shape index (κ2) is 5.12. The monoisotopic (exact) mass is 263 g/mol. The first-order valence-electron chi connectivity index (χ1n) is 6.05. The largest absolute Gasteiger partial charge is 0.322 e. The minimum absolute atomic E-state index is 0.0510. The summed E-state index contributed by atoms with van der Waals surface area (Å²) in [7, 11) is 0. The molecule has 0 aliphatic carbocycles. The van der Waals surface area contributed by atoms with Gasteiger partial charge < -0.3 is 10.3 Å². The molecule has 1 aromatic heterocycles. The highest BCUT2D eigenvalue weighted by Crippen LogP contribution is 2.26. The molecule has 0 spiro atoms. The molecule has 2 aromatic rings. The first-order chi connectivity index (χ1) is 8.50. The number of imidazole rings is 1. The van der Waals surface area contributed by atoms with Gasteiger partial charge in [-0.3, -0.25) is 0 Å². The maximum atomic E-state index is 6.29. The van der Waals surface area contributed by atoms with Gasteiger partial charge in [0.25, 0.3) is 0 Å². The van der Waals surface area contributed by atoms with E-state index in [4.69, 9.17) is 17.3 Å². The summed E-state index contributed by atoms with van der Waals surface area (Å²) in [6.45, 7) is 6.21. The number of benzene rings is 1. The van der Waals surface area contributed by atoms with Crippen LogP contribution in [-0.2, 0) is 0 Å². The van der Waals surface area contributed by atoms with Crippen LogP contribution in [0.2, 0.25) is 5.02 Å². The van der Waals surface area contributed by atoms with Crippen molar-refractivity contribution in [3.05, 3.63) is 47.0 Å². The Balaban J connectivity index is 2.49. The number of rotatable bonds is 3. The molecule has 0 aliphatic rings. The number of nitrogens with zero attached hydrogens (tertiary/aromatic N) is 2. The van der Waals surface area contributed by atoms with Crippen LogP contribution in [0.1, 0.15) is 31.1 Å². The van der Waals surface area contributed by atoms with Crippen LogP contribution in [0.3, 0.4) is 0 Å². The predicted molar refractivity (Wildman–Crippen MR) is 75.1 cm³/mol. The third kappa shape index (κ3) is 2.42. The molecule has 18 heavy (non-hydrogen) atoms. The zero-order valence-electron chi connectivity index (χ0n) is 10.9. The Labute approximate surface area is 113 Å². The second-order valence-electron chi connectivity index (χ2n) is 4.91. The molecule has 0 radical (unpaired) electrons. The van der Waals surface area contributed by atoms with Crippen molar-refractivity contribution in [1.82, 2.24) is 9.55 Å². The Morgan fingerprint density at radius 2 is 2.06 bits per heavy atom. The van der Waals surface area contributed by atoms with E-state index in [1.165, 1.54) is 0 Å². The van der Waals surface area contributed by atoms with Gasteiger partial charge in [-0.1, -0.05) is 31.5 Å². The fraction of sp³-hybridized carbons (Fsp3) is 0.357. The van der Waals surface area contributed by atoms with Gasteiger partial charge in [-0.05, 0) is 30.5 Å². The number of hydrogen-bond donors (Lipinski definition) is 1. The average molecular weight is 264 g/mol. The van der Waals surface area contributed by atoms with E-state index in [1.54, 1.807) is 12.5 Å². The third-order valence-corrected chi connectivity index (χ3v) is 3.39. The van der Waals surface area contributed by atoms with Crippen molar-refractivity contribution in [3.63, 3.8) is 0 Å². The molecule has 1 heterocycles. The molecule has 0 saturated heterocycles. The summed E-state index contributed by atoms with van der Waals surface area (Å²) in [4.78, 5) is 4.19. The van der Waals surface area contributed by atoms with Crippen LogP contribution in [0.15, 0.2) is 30.7 Å². The lowest BCUT2D eigenvalue weighted by Gasteiger charge is -2.18. The molecular weight excluding hydrogens is 246 g/mol. The predicted octanol–water partition coefficient (Wildman–Crippen LogP) is 3.49. The fourth-order valence-corrected chi connectivity index (χ4v) is 2.23. The smallest absolute Gasteiger partial charge is 0.0995 e. The Kier molecular flexibility index (Phi) is 3.73. The lowest BCUT2D eigenvalue weighted by molar-refractivity contribution is 0.497. The lowest BCUT2D eigenvalue weighted by Crippen LogP contribution is -2.20. The van der Waals surface area contributed by atoms with Gasteiger partial charge in [-0.2, -0.15) is 0 Å². The lowest BCUT2D eigenvalue weighted by atomic mass is 10.0. The van der Waals surface area contributed by atoms with E-state index in [-0.39, 0.29) is 6.04 Å². The van der Waals surface area contributed by atoms with Crippen LogP contribution >= 0.6 is 11.6 Å². The van der Waals surface area contributed by atoms with Crippen molar-refractivity contribution in [2.75, 3.05) is 0 Å². The van der Waals surface area contributed by atoms with Gasteiger partial charge in [-0.15, -0.1) is 0 Å². The Hall–Kier alpha value is -1.32. The van der Waals surface area contributed by atoms with Crippen LogP contribution in [0.4, 0.5) is 0 Å². The molecule has 4 heteroatoms. The number of nitrogens with two attached hydrogens (primary N) is 1. The summed E-state index contributed by atoms with van der Waals surface area (Å²) in [5.41, 5.74) is 9.24. The SMILES string of the molecule is Cc1ccc(-n2cncc2C(N)C(C)C)c(Cl)c1. The number of halogens is 1. The molecule has 0 fully saturated rings. The summed E-state index contributed by atoms with van der Waals surface area (Å²) in [6, 6.07) is 5.92. The Morgan fingerprint density at radius 1 is 1.33 bits per heavy atom. The second-order valence-corrected chi connectivity index (χ2v) is 5.32. The fourth-order valence-electron chi connectivity index (χ4n) is 1.90. The van der Waals surface area contributed by atoms with E-state index in [2.05, 4.69) is 18.8 Å². The van der Waals surface area contributed by atoms with Gasteiger partial charge in [0.2, 0.25) is 0 Å². The molecule has 96 valence electrons. The molecule has 0 bridgehead atoms. The zero-order chi connectivity index (χ0) is 13.3. The van der Waals surface area contributed by atoms with Gasteiger partial charge in [0, 0.05) is 6.04 Å². The maximum absolute atomic E-state index is 6.29. The van der Waals surface area contributed by atoms with Crippen molar-refractivity contribution < 1.29 is 0 Å². The van der Waals surface area contributed by atoms with Crippen LogP contribution in [0.5, 0.6) is 0 Å². The van der Waals surface area contributed by atoms with Gasteiger partial charge in [-0.25, -0.2) is 4.98 Å². The quantitative estimate of drug-likeness (QED) is 0.921. The summed E-state index contributed by atoms with van der Waals surface area (Å²) in [5, 5.41) is 0.713. The van der Waals surface area contributed by atoms with Crippen LogP contribution in [0.25, 0.3) is 5.69 Å². The third-order valence-electron chi connectivity index (χ3n) is 3.09. The molecule has 0 aliphatic heterocycles. The Morgan fingerprint density at radius 3 is 2.67 bits per heavy atom. The van der Waals surface area contributed by atoms with E-state index in [1.807, 2.05) is 29.7 Å². The summed E-state index contributed by atoms with van der Waals surface area (Å²) < 4.78 is 1.96. The first kappa shape index (κ1) is 13.1.